The highest BCUT2D eigenvalue weighted by Crippen LogP contribution is 2.30. The van der Waals surface area contributed by atoms with Crippen LogP contribution in [-0.2, 0) is 13.1 Å². The Balaban J connectivity index is 1.25. The number of hydrogen-bond acceptors (Lipinski definition) is 6. The molecular weight excluding hydrogens is 474 g/mol. The highest BCUT2D eigenvalue weighted by molar-refractivity contribution is 5.77. The number of hydrogen-bond donors (Lipinski definition) is 1. The van der Waals surface area contributed by atoms with E-state index in [1.54, 1.807) is 10.8 Å². The predicted octanol–water partition coefficient (Wildman–Crippen LogP) is 5.91. The van der Waals surface area contributed by atoms with Crippen LogP contribution in [0.1, 0.15) is 17.1 Å². The van der Waals surface area contributed by atoms with Crippen LogP contribution in [0, 0.1) is 6.92 Å². The van der Waals surface area contributed by atoms with Gasteiger partial charge >= 0.3 is 0 Å². The summed E-state index contributed by atoms with van der Waals surface area (Å²) in [6, 6.07) is 28.0. The highest BCUT2D eigenvalue weighted by Gasteiger charge is 2.17. The fraction of sp³-hybridized carbons (Fsp3) is 0.133. The maximum absolute atomic E-state index is 6.01. The van der Waals surface area contributed by atoms with Gasteiger partial charge in [0.1, 0.15) is 23.7 Å². The van der Waals surface area contributed by atoms with Gasteiger partial charge in [-0.1, -0.05) is 36.4 Å². The molecule has 4 aromatic heterocycles. The van der Waals surface area contributed by atoms with E-state index in [4.69, 9.17) is 14.7 Å². The summed E-state index contributed by atoms with van der Waals surface area (Å²) in [5, 5.41) is 4.29. The zero-order valence-corrected chi connectivity index (χ0v) is 21.2. The minimum atomic E-state index is 0.633. The first kappa shape index (κ1) is 23.6. The normalized spacial score (nSPS) is 11.3. The van der Waals surface area contributed by atoms with Gasteiger partial charge in [-0.3, -0.25) is 9.88 Å². The van der Waals surface area contributed by atoms with Crippen molar-refractivity contribution in [2.24, 2.45) is 0 Å². The Bertz CT molecular complexity index is 1690. The number of pyridine rings is 2. The van der Waals surface area contributed by atoms with E-state index in [2.05, 4.69) is 39.1 Å². The van der Waals surface area contributed by atoms with Crippen LogP contribution in [0.5, 0.6) is 11.5 Å². The van der Waals surface area contributed by atoms with Crippen LogP contribution in [0.2, 0.25) is 0 Å². The monoisotopic (exact) mass is 501 g/mol. The zero-order valence-electron chi connectivity index (χ0n) is 21.2. The summed E-state index contributed by atoms with van der Waals surface area (Å²) in [4.78, 5) is 19.8. The van der Waals surface area contributed by atoms with E-state index < -0.39 is 0 Å². The number of nitrogens with zero attached hydrogens (tertiary/aromatic N) is 6. The predicted molar refractivity (Wildman–Crippen MR) is 147 cm³/mol. The molecule has 0 spiro atoms. The molecule has 0 unspecified atom stereocenters. The Morgan fingerprint density at radius 3 is 2.58 bits per heavy atom. The van der Waals surface area contributed by atoms with Crippen LogP contribution < -0.4 is 4.74 Å². The Hall–Kier alpha value is -4.82. The zero-order chi connectivity index (χ0) is 25.9. The number of fused-ring (bicyclic) bond motifs is 1. The van der Waals surface area contributed by atoms with Crippen molar-refractivity contribution in [1.29, 1.82) is 0 Å². The first-order valence-electron chi connectivity index (χ1n) is 12.4. The molecule has 0 aliphatic carbocycles. The maximum atomic E-state index is 6.01. The summed E-state index contributed by atoms with van der Waals surface area (Å²) in [5.74, 6) is 2.50. The maximum Gasteiger partial charge on any atom is 0.155 e. The first-order chi connectivity index (χ1) is 18.6. The van der Waals surface area contributed by atoms with Gasteiger partial charge in [0.05, 0.1) is 23.6 Å². The van der Waals surface area contributed by atoms with Crippen LogP contribution in [0.4, 0.5) is 0 Å². The van der Waals surface area contributed by atoms with Gasteiger partial charge in [-0.25, -0.2) is 14.5 Å². The molecule has 4 heterocycles. The smallest absolute Gasteiger partial charge is 0.155 e. The third-order valence-corrected chi connectivity index (χ3v) is 6.19. The van der Waals surface area contributed by atoms with Gasteiger partial charge in [0.25, 0.3) is 0 Å². The van der Waals surface area contributed by atoms with Crippen molar-refractivity contribution >= 4 is 5.65 Å². The summed E-state index contributed by atoms with van der Waals surface area (Å²) in [6.45, 7) is 3.37. The number of benzene rings is 2. The molecule has 0 aliphatic rings. The van der Waals surface area contributed by atoms with Crippen molar-refractivity contribution in [2.75, 3.05) is 7.05 Å². The van der Waals surface area contributed by atoms with Crippen molar-refractivity contribution in [1.82, 2.24) is 34.4 Å². The largest absolute Gasteiger partial charge is 0.457 e. The van der Waals surface area contributed by atoms with Crippen LogP contribution in [0.25, 0.3) is 28.3 Å². The molecule has 0 atom stereocenters. The molecule has 6 rings (SSSR count). The van der Waals surface area contributed by atoms with Gasteiger partial charge in [0, 0.05) is 24.0 Å². The fourth-order valence-corrected chi connectivity index (χ4v) is 4.49. The number of H-pyrrole nitrogens is 1. The van der Waals surface area contributed by atoms with E-state index in [1.165, 1.54) is 0 Å². The lowest BCUT2D eigenvalue weighted by Gasteiger charge is -2.16. The molecule has 0 amide bonds. The summed E-state index contributed by atoms with van der Waals surface area (Å²) in [5.41, 5.74) is 6.41. The highest BCUT2D eigenvalue weighted by atomic mass is 16.5. The lowest BCUT2D eigenvalue weighted by atomic mass is 10.1. The molecule has 0 saturated carbocycles. The number of aryl methyl sites for hydroxylation is 1. The number of ether oxygens (including phenoxy) is 1. The minimum absolute atomic E-state index is 0.633. The second kappa shape index (κ2) is 10.3. The van der Waals surface area contributed by atoms with Crippen molar-refractivity contribution in [3.8, 4) is 34.1 Å². The molecule has 188 valence electrons. The average molecular weight is 502 g/mol. The molecule has 2 aromatic carbocycles. The van der Waals surface area contributed by atoms with Crippen LogP contribution in [0.15, 0.2) is 97.5 Å². The summed E-state index contributed by atoms with van der Waals surface area (Å²) < 4.78 is 7.77. The summed E-state index contributed by atoms with van der Waals surface area (Å²) in [6.07, 6.45) is 3.50. The van der Waals surface area contributed by atoms with E-state index in [9.17, 15) is 0 Å². The quantitative estimate of drug-likeness (QED) is 0.279. The van der Waals surface area contributed by atoms with Crippen LogP contribution in [-0.4, -0.2) is 41.5 Å². The van der Waals surface area contributed by atoms with Gasteiger partial charge < -0.3 is 9.72 Å². The molecule has 0 saturated heterocycles. The number of imidazole rings is 1. The molecule has 8 heteroatoms. The van der Waals surface area contributed by atoms with E-state index >= 15 is 0 Å². The van der Waals surface area contributed by atoms with Gasteiger partial charge in [0.15, 0.2) is 5.65 Å². The van der Waals surface area contributed by atoms with E-state index in [-0.39, 0.29) is 0 Å². The SMILES string of the molecule is Cc1cccc(-c2[nH]c(CN(C)Cc3cccc(Oc4ccccc4)c3)nc2-c2ccc3ncnn3c2)n1. The number of rotatable bonds is 8. The summed E-state index contributed by atoms with van der Waals surface area (Å²) >= 11 is 0. The van der Waals surface area contributed by atoms with E-state index in [1.807, 2.05) is 85.9 Å². The minimum Gasteiger partial charge on any atom is -0.457 e. The van der Waals surface area contributed by atoms with Gasteiger partial charge in [-0.15, -0.1) is 0 Å². The number of nitrogens with one attached hydrogen (secondary N) is 1. The number of aromatic nitrogens is 6. The Morgan fingerprint density at radius 1 is 0.868 bits per heavy atom. The molecule has 0 bridgehead atoms. The molecular formula is C30H27N7O. The Kier molecular flexibility index (Phi) is 6.37. The molecule has 38 heavy (non-hydrogen) atoms. The Morgan fingerprint density at radius 2 is 1.71 bits per heavy atom. The lowest BCUT2D eigenvalue weighted by molar-refractivity contribution is 0.311. The molecule has 0 fully saturated rings. The molecule has 8 nitrogen and oxygen atoms in total. The Labute approximate surface area is 220 Å². The second-order valence-electron chi connectivity index (χ2n) is 9.29. The van der Waals surface area contributed by atoms with Gasteiger partial charge in [-0.05, 0) is 68.1 Å². The molecule has 6 aromatic rings. The lowest BCUT2D eigenvalue weighted by Crippen LogP contribution is -2.18. The van der Waals surface area contributed by atoms with Crippen molar-refractivity contribution in [3.63, 3.8) is 0 Å². The van der Waals surface area contributed by atoms with Crippen LogP contribution >= 0.6 is 0 Å². The summed E-state index contributed by atoms with van der Waals surface area (Å²) in [7, 11) is 2.08. The number of aromatic amines is 1. The topological polar surface area (TPSA) is 84.2 Å². The van der Waals surface area contributed by atoms with Crippen molar-refractivity contribution < 1.29 is 4.74 Å². The third kappa shape index (κ3) is 5.16. The number of para-hydroxylation sites is 1. The van der Waals surface area contributed by atoms with E-state index in [0.29, 0.717) is 6.54 Å². The van der Waals surface area contributed by atoms with Crippen molar-refractivity contribution in [3.05, 3.63) is 115 Å². The van der Waals surface area contributed by atoms with Gasteiger partial charge in [-0.2, -0.15) is 5.10 Å². The van der Waals surface area contributed by atoms with Crippen LogP contribution in [0.3, 0.4) is 0 Å². The second-order valence-corrected chi connectivity index (χ2v) is 9.29. The average Bonchev–Trinajstić information content (AvgIpc) is 3.56. The standard InChI is InChI=1S/C30H27N7O/c1-21-8-6-13-26(33-21)30-29(23-14-15-28-31-20-32-37(28)18-23)34-27(35-30)19-36(2)17-22-9-7-12-25(16-22)38-24-10-4-3-5-11-24/h3-16,18,20H,17,19H2,1-2H3,(H,34,35). The van der Waals surface area contributed by atoms with E-state index in [0.717, 1.165) is 63.4 Å². The fourth-order valence-electron chi connectivity index (χ4n) is 4.49. The molecule has 0 radical (unpaired) electrons. The molecule has 1 N–H and O–H groups in total. The molecule has 0 aliphatic heterocycles. The van der Waals surface area contributed by atoms with Crippen molar-refractivity contribution in [2.45, 2.75) is 20.0 Å². The first-order valence-corrected chi connectivity index (χ1v) is 12.4. The van der Waals surface area contributed by atoms with Gasteiger partial charge in [0.2, 0.25) is 0 Å². The third-order valence-electron chi connectivity index (χ3n) is 6.19.